The highest BCUT2D eigenvalue weighted by atomic mass is 32.2. The van der Waals surface area contributed by atoms with Gasteiger partial charge < -0.3 is 10.6 Å². The molecule has 114 valence electrons. The summed E-state index contributed by atoms with van der Waals surface area (Å²) in [6.45, 7) is 7.22. The highest BCUT2D eigenvalue weighted by molar-refractivity contribution is 8.00. The zero-order valence-electron chi connectivity index (χ0n) is 12.7. The Bertz CT molecular complexity index is 568. The van der Waals surface area contributed by atoms with Crippen LogP contribution in [0.25, 0.3) is 0 Å². The van der Waals surface area contributed by atoms with Crippen LogP contribution in [0.3, 0.4) is 0 Å². The number of thioether (sulfide) groups is 1. The number of amides is 2. The zero-order chi connectivity index (χ0) is 15.6. The minimum Gasteiger partial charge on any atom is -0.366 e. The molecule has 2 amide bonds. The van der Waals surface area contributed by atoms with Crippen molar-refractivity contribution >= 4 is 23.6 Å². The molecule has 0 bridgehead atoms. The Kier molecular flexibility index (Phi) is 4.88. The second-order valence-electron chi connectivity index (χ2n) is 5.42. The van der Waals surface area contributed by atoms with Crippen LogP contribution in [0.15, 0.2) is 11.1 Å². The van der Waals surface area contributed by atoms with Crippen LogP contribution in [0.1, 0.15) is 41.4 Å². The number of aromatic nitrogens is 1. The summed E-state index contributed by atoms with van der Waals surface area (Å²) in [6, 6.07) is 1.83. The van der Waals surface area contributed by atoms with E-state index >= 15 is 0 Å². The van der Waals surface area contributed by atoms with E-state index in [1.54, 1.807) is 0 Å². The molecular weight excluding hydrogens is 286 g/mol. The molecule has 2 rings (SSSR count). The molecule has 0 aromatic carbocycles. The first-order chi connectivity index (χ1) is 9.90. The van der Waals surface area contributed by atoms with E-state index in [1.165, 1.54) is 11.8 Å². The Balaban J connectivity index is 2.22. The number of hydrogen-bond acceptors (Lipinski definition) is 4. The molecule has 1 fully saturated rings. The molecule has 1 aliphatic rings. The molecule has 2 heterocycles. The Morgan fingerprint density at radius 2 is 1.95 bits per heavy atom. The van der Waals surface area contributed by atoms with Crippen molar-refractivity contribution < 1.29 is 9.59 Å². The van der Waals surface area contributed by atoms with Gasteiger partial charge in [0.2, 0.25) is 5.91 Å². The third kappa shape index (κ3) is 3.56. The van der Waals surface area contributed by atoms with Gasteiger partial charge in [0.25, 0.3) is 5.91 Å². The quantitative estimate of drug-likeness (QED) is 0.862. The number of aryl methyl sites for hydroxylation is 2. The first kappa shape index (κ1) is 15.8. The first-order valence-corrected chi connectivity index (χ1v) is 8.01. The van der Waals surface area contributed by atoms with Gasteiger partial charge in [0, 0.05) is 18.8 Å². The maximum atomic E-state index is 12.4. The van der Waals surface area contributed by atoms with Gasteiger partial charge in [-0.1, -0.05) is 11.8 Å². The second-order valence-corrected chi connectivity index (χ2v) is 6.75. The summed E-state index contributed by atoms with van der Waals surface area (Å²) in [5.74, 6) is -0.391. The van der Waals surface area contributed by atoms with Crippen LogP contribution < -0.4 is 5.73 Å². The predicted octanol–water partition coefficient (Wildman–Crippen LogP) is 1.90. The molecule has 2 N–H and O–H groups in total. The maximum Gasteiger partial charge on any atom is 0.251 e. The van der Waals surface area contributed by atoms with E-state index in [-0.39, 0.29) is 11.2 Å². The highest BCUT2D eigenvalue weighted by Gasteiger charge is 2.26. The van der Waals surface area contributed by atoms with E-state index in [2.05, 4.69) is 4.98 Å². The minimum absolute atomic E-state index is 0.105. The van der Waals surface area contributed by atoms with Crippen molar-refractivity contribution in [2.45, 2.75) is 43.9 Å². The molecule has 1 aromatic heterocycles. The van der Waals surface area contributed by atoms with Crippen LogP contribution in [0.2, 0.25) is 0 Å². The number of hydrogen-bond donors (Lipinski definition) is 1. The SMILES string of the molecule is Cc1cc(C)c(C(N)=O)c(SC(C)C(=O)N2CCCC2)n1. The molecule has 21 heavy (non-hydrogen) atoms. The van der Waals surface area contributed by atoms with Gasteiger partial charge in [-0.15, -0.1) is 0 Å². The summed E-state index contributed by atoms with van der Waals surface area (Å²) in [6.07, 6.45) is 2.13. The van der Waals surface area contributed by atoms with E-state index in [4.69, 9.17) is 5.73 Å². The first-order valence-electron chi connectivity index (χ1n) is 7.13. The summed E-state index contributed by atoms with van der Waals surface area (Å²) in [7, 11) is 0. The maximum absolute atomic E-state index is 12.4. The van der Waals surface area contributed by atoms with Crippen LogP contribution >= 0.6 is 11.8 Å². The van der Waals surface area contributed by atoms with Crippen LogP contribution in [0.5, 0.6) is 0 Å². The van der Waals surface area contributed by atoms with E-state index in [0.717, 1.165) is 37.2 Å². The van der Waals surface area contributed by atoms with Gasteiger partial charge in [0.1, 0.15) is 5.03 Å². The Labute approximate surface area is 129 Å². The molecular formula is C15H21N3O2S. The van der Waals surface area contributed by atoms with Crippen molar-refractivity contribution in [1.29, 1.82) is 0 Å². The van der Waals surface area contributed by atoms with Crippen molar-refractivity contribution in [3.05, 3.63) is 22.9 Å². The van der Waals surface area contributed by atoms with Gasteiger partial charge in [0.15, 0.2) is 0 Å². The number of pyridine rings is 1. The normalized spacial score (nSPS) is 16.0. The average molecular weight is 307 g/mol. The number of nitrogens with two attached hydrogens (primary N) is 1. The fraction of sp³-hybridized carbons (Fsp3) is 0.533. The van der Waals surface area contributed by atoms with Crippen LogP contribution in [-0.2, 0) is 4.79 Å². The molecule has 0 saturated carbocycles. The van der Waals surface area contributed by atoms with Crippen molar-refractivity contribution in [2.75, 3.05) is 13.1 Å². The van der Waals surface area contributed by atoms with Gasteiger partial charge in [0.05, 0.1) is 10.8 Å². The Hall–Kier alpha value is -1.56. The number of likely N-dealkylation sites (tertiary alicyclic amines) is 1. The topological polar surface area (TPSA) is 76.3 Å². The van der Waals surface area contributed by atoms with E-state index in [9.17, 15) is 9.59 Å². The lowest BCUT2D eigenvalue weighted by Crippen LogP contribution is -2.34. The Morgan fingerprint density at radius 1 is 1.33 bits per heavy atom. The molecule has 1 saturated heterocycles. The third-order valence-corrected chi connectivity index (χ3v) is 4.69. The predicted molar refractivity (Wildman–Crippen MR) is 83.4 cm³/mol. The summed E-state index contributed by atoms with van der Waals surface area (Å²) in [4.78, 5) is 30.3. The lowest BCUT2D eigenvalue weighted by molar-refractivity contribution is -0.129. The fourth-order valence-corrected chi connectivity index (χ4v) is 3.76. The molecule has 0 spiro atoms. The summed E-state index contributed by atoms with van der Waals surface area (Å²) in [5, 5.41) is 0.287. The number of primary amides is 1. The molecule has 0 radical (unpaired) electrons. The summed E-state index contributed by atoms with van der Waals surface area (Å²) >= 11 is 1.32. The highest BCUT2D eigenvalue weighted by Crippen LogP contribution is 2.29. The van der Waals surface area contributed by atoms with E-state index < -0.39 is 5.91 Å². The molecule has 0 aliphatic carbocycles. The third-order valence-electron chi connectivity index (χ3n) is 3.61. The number of rotatable bonds is 4. The average Bonchev–Trinajstić information content (AvgIpc) is 2.89. The van der Waals surface area contributed by atoms with Crippen molar-refractivity contribution in [2.24, 2.45) is 5.73 Å². The van der Waals surface area contributed by atoms with Crippen LogP contribution in [0.4, 0.5) is 0 Å². The van der Waals surface area contributed by atoms with Gasteiger partial charge in [-0.25, -0.2) is 4.98 Å². The van der Waals surface area contributed by atoms with Crippen molar-refractivity contribution in [1.82, 2.24) is 9.88 Å². The largest absolute Gasteiger partial charge is 0.366 e. The monoisotopic (exact) mass is 307 g/mol. The lowest BCUT2D eigenvalue weighted by atomic mass is 10.1. The molecule has 1 atom stereocenters. The van der Waals surface area contributed by atoms with Gasteiger partial charge in [-0.05, 0) is 45.2 Å². The molecule has 1 aliphatic heterocycles. The van der Waals surface area contributed by atoms with Crippen LogP contribution in [0, 0.1) is 13.8 Å². The van der Waals surface area contributed by atoms with Crippen molar-refractivity contribution in [3.63, 3.8) is 0 Å². The summed E-state index contributed by atoms with van der Waals surface area (Å²) < 4.78 is 0. The molecule has 1 aromatic rings. The Morgan fingerprint density at radius 3 is 2.52 bits per heavy atom. The lowest BCUT2D eigenvalue weighted by Gasteiger charge is -2.20. The summed E-state index contributed by atoms with van der Waals surface area (Å²) in [5.41, 5.74) is 7.50. The second kappa shape index (κ2) is 6.47. The van der Waals surface area contributed by atoms with Crippen molar-refractivity contribution in [3.8, 4) is 0 Å². The smallest absolute Gasteiger partial charge is 0.251 e. The van der Waals surface area contributed by atoms with Crippen LogP contribution in [-0.4, -0.2) is 40.0 Å². The zero-order valence-corrected chi connectivity index (χ0v) is 13.5. The van der Waals surface area contributed by atoms with E-state index in [1.807, 2.05) is 31.7 Å². The standard InChI is InChI=1S/C15H21N3O2S/c1-9-8-10(2)17-14(12(9)13(16)19)21-11(3)15(20)18-6-4-5-7-18/h8,11H,4-7H2,1-3H3,(H2,16,19). The van der Waals surface area contributed by atoms with E-state index in [0.29, 0.717) is 10.6 Å². The van der Waals surface area contributed by atoms with Gasteiger partial charge >= 0.3 is 0 Å². The van der Waals surface area contributed by atoms with Gasteiger partial charge in [-0.2, -0.15) is 0 Å². The fourth-order valence-electron chi connectivity index (χ4n) is 2.60. The number of carbonyl (C=O) groups excluding carboxylic acids is 2. The van der Waals surface area contributed by atoms with Gasteiger partial charge in [-0.3, -0.25) is 9.59 Å². The molecule has 1 unspecified atom stereocenters. The number of carbonyl (C=O) groups is 2. The molecule has 6 heteroatoms. The molecule has 5 nitrogen and oxygen atoms in total. The number of nitrogens with zero attached hydrogens (tertiary/aromatic N) is 2. The minimum atomic E-state index is -0.497.